The van der Waals surface area contributed by atoms with Crippen molar-refractivity contribution in [2.24, 2.45) is 0 Å². The molecular weight excluding hydrogens is 274 g/mol. The highest BCUT2D eigenvalue weighted by atomic mass is 16.5. The van der Waals surface area contributed by atoms with Gasteiger partial charge in [0.15, 0.2) is 0 Å². The summed E-state index contributed by atoms with van der Waals surface area (Å²) in [6.07, 6.45) is 0. The van der Waals surface area contributed by atoms with E-state index in [0.29, 0.717) is 6.54 Å². The fraction of sp³-hybridized carbons (Fsp3) is 0.316. The first-order valence-corrected chi connectivity index (χ1v) is 7.39. The fourth-order valence-electron chi connectivity index (χ4n) is 2.56. The standard InChI is InChI=1S/C19H23NO2/c1-13-10-15(3)17(11-14(13)2)19(21)20(4)12-16-8-6-7-9-18(16)22-5/h6-11H,12H2,1-5H3. The van der Waals surface area contributed by atoms with Crippen molar-refractivity contribution in [3.05, 3.63) is 64.2 Å². The van der Waals surface area contributed by atoms with E-state index in [9.17, 15) is 4.79 Å². The minimum atomic E-state index is 0.0338. The van der Waals surface area contributed by atoms with Crippen LogP contribution >= 0.6 is 0 Å². The molecule has 0 radical (unpaired) electrons. The summed E-state index contributed by atoms with van der Waals surface area (Å²) >= 11 is 0. The first-order chi connectivity index (χ1) is 10.4. The summed E-state index contributed by atoms with van der Waals surface area (Å²) in [5, 5.41) is 0. The lowest BCUT2D eigenvalue weighted by molar-refractivity contribution is 0.0783. The Labute approximate surface area is 132 Å². The molecule has 0 heterocycles. The highest BCUT2D eigenvalue weighted by Gasteiger charge is 2.16. The number of amides is 1. The molecule has 2 rings (SSSR count). The van der Waals surface area contributed by atoms with Crippen molar-refractivity contribution < 1.29 is 9.53 Å². The second-order valence-corrected chi connectivity index (χ2v) is 5.72. The molecule has 1 amide bonds. The molecular formula is C19H23NO2. The van der Waals surface area contributed by atoms with Crippen molar-refractivity contribution >= 4 is 5.91 Å². The minimum absolute atomic E-state index is 0.0338. The van der Waals surface area contributed by atoms with Crippen molar-refractivity contribution in [1.82, 2.24) is 4.90 Å². The van der Waals surface area contributed by atoms with Crippen LogP contribution in [-0.2, 0) is 6.54 Å². The summed E-state index contributed by atoms with van der Waals surface area (Å²) < 4.78 is 5.35. The monoisotopic (exact) mass is 297 g/mol. The zero-order valence-electron chi connectivity index (χ0n) is 13.9. The number of ether oxygens (including phenoxy) is 1. The number of aryl methyl sites for hydroxylation is 3. The van der Waals surface area contributed by atoms with Crippen LogP contribution in [0.2, 0.25) is 0 Å². The number of benzene rings is 2. The van der Waals surface area contributed by atoms with Gasteiger partial charge < -0.3 is 9.64 Å². The first-order valence-electron chi connectivity index (χ1n) is 7.39. The van der Waals surface area contributed by atoms with Gasteiger partial charge in [-0.2, -0.15) is 0 Å². The Morgan fingerprint density at radius 3 is 2.36 bits per heavy atom. The minimum Gasteiger partial charge on any atom is -0.496 e. The van der Waals surface area contributed by atoms with Crippen LogP contribution in [0.4, 0.5) is 0 Å². The zero-order chi connectivity index (χ0) is 16.3. The first kappa shape index (κ1) is 16.1. The summed E-state index contributed by atoms with van der Waals surface area (Å²) in [5.41, 5.74) is 5.13. The van der Waals surface area contributed by atoms with Crippen LogP contribution in [0, 0.1) is 20.8 Å². The lowest BCUT2D eigenvalue weighted by atomic mass is 10.00. The highest BCUT2D eigenvalue weighted by Crippen LogP contribution is 2.21. The van der Waals surface area contributed by atoms with Gasteiger partial charge in [-0.25, -0.2) is 0 Å². The molecule has 0 aliphatic carbocycles. The maximum atomic E-state index is 12.7. The maximum absolute atomic E-state index is 12.7. The van der Waals surface area contributed by atoms with Crippen molar-refractivity contribution in [3.63, 3.8) is 0 Å². The third kappa shape index (κ3) is 3.30. The Balaban J connectivity index is 2.24. The largest absolute Gasteiger partial charge is 0.496 e. The number of carbonyl (C=O) groups excluding carboxylic acids is 1. The summed E-state index contributed by atoms with van der Waals surface area (Å²) in [6, 6.07) is 11.8. The maximum Gasteiger partial charge on any atom is 0.254 e. The summed E-state index contributed by atoms with van der Waals surface area (Å²) in [5.74, 6) is 0.838. The number of hydrogen-bond acceptors (Lipinski definition) is 2. The van der Waals surface area contributed by atoms with Gasteiger partial charge in [-0.05, 0) is 49.6 Å². The predicted molar refractivity (Wildman–Crippen MR) is 89.4 cm³/mol. The molecule has 0 atom stereocenters. The van der Waals surface area contributed by atoms with E-state index < -0.39 is 0 Å². The van der Waals surface area contributed by atoms with Crippen LogP contribution in [0.1, 0.15) is 32.6 Å². The molecule has 0 N–H and O–H groups in total. The molecule has 116 valence electrons. The number of nitrogens with zero attached hydrogens (tertiary/aromatic N) is 1. The van der Waals surface area contributed by atoms with Gasteiger partial charge >= 0.3 is 0 Å². The molecule has 22 heavy (non-hydrogen) atoms. The third-order valence-corrected chi connectivity index (χ3v) is 4.02. The van der Waals surface area contributed by atoms with Crippen molar-refractivity contribution in [3.8, 4) is 5.75 Å². The molecule has 3 heteroatoms. The quantitative estimate of drug-likeness (QED) is 0.856. The molecule has 2 aromatic carbocycles. The fourth-order valence-corrected chi connectivity index (χ4v) is 2.56. The van der Waals surface area contributed by atoms with Crippen LogP contribution in [0.15, 0.2) is 36.4 Å². The van der Waals surface area contributed by atoms with Crippen molar-refractivity contribution in [1.29, 1.82) is 0 Å². The third-order valence-electron chi connectivity index (χ3n) is 4.02. The van der Waals surface area contributed by atoms with Crippen LogP contribution in [-0.4, -0.2) is 25.0 Å². The molecule has 0 unspecified atom stereocenters. The molecule has 3 nitrogen and oxygen atoms in total. The molecule has 0 bridgehead atoms. The molecule has 0 fully saturated rings. The van der Waals surface area contributed by atoms with Crippen molar-refractivity contribution in [2.75, 3.05) is 14.2 Å². The van der Waals surface area contributed by atoms with Gasteiger partial charge in [-0.1, -0.05) is 24.3 Å². The van der Waals surface area contributed by atoms with E-state index in [4.69, 9.17) is 4.74 Å². The highest BCUT2D eigenvalue weighted by molar-refractivity contribution is 5.95. The molecule has 0 spiro atoms. The topological polar surface area (TPSA) is 29.5 Å². The second-order valence-electron chi connectivity index (χ2n) is 5.72. The number of para-hydroxylation sites is 1. The van der Waals surface area contributed by atoms with Crippen molar-refractivity contribution in [2.45, 2.75) is 27.3 Å². The van der Waals surface area contributed by atoms with E-state index in [1.54, 1.807) is 12.0 Å². The average Bonchev–Trinajstić information content (AvgIpc) is 2.50. The average molecular weight is 297 g/mol. The Hall–Kier alpha value is -2.29. The molecule has 0 aliphatic heterocycles. The molecule has 0 aromatic heterocycles. The Morgan fingerprint density at radius 2 is 1.68 bits per heavy atom. The van der Waals surface area contributed by atoms with Gasteiger partial charge in [0.2, 0.25) is 0 Å². The Kier molecular flexibility index (Phi) is 4.86. The van der Waals surface area contributed by atoms with E-state index in [0.717, 1.165) is 28.0 Å². The summed E-state index contributed by atoms with van der Waals surface area (Å²) in [6.45, 7) is 6.60. The van der Waals surface area contributed by atoms with Gasteiger partial charge in [-0.15, -0.1) is 0 Å². The molecule has 2 aromatic rings. The van der Waals surface area contributed by atoms with Gasteiger partial charge in [0.05, 0.1) is 7.11 Å². The van der Waals surface area contributed by atoms with E-state index in [1.807, 2.05) is 51.2 Å². The van der Waals surface area contributed by atoms with Gasteiger partial charge in [0.25, 0.3) is 5.91 Å². The second kappa shape index (κ2) is 6.65. The predicted octanol–water partition coefficient (Wildman–Crippen LogP) is 3.89. The van der Waals surface area contributed by atoms with E-state index in [1.165, 1.54) is 5.56 Å². The number of rotatable bonds is 4. The molecule has 0 saturated carbocycles. The van der Waals surface area contributed by atoms with Gasteiger partial charge in [-0.3, -0.25) is 4.79 Å². The van der Waals surface area contributed by atoms with Crippen LogP contribution < -0.4 is 4.74 Å². The summed E-state index contributed by atoms with van der Waals surface area (Å²) in [4.78, 5) is 14.4. The van der Waals surface area contributed by atoms with Crippen LogP contribution in [0.25, 0.3) is 0 Å². The van der Waals surface area contributed by atoms with E-state index in [2.05, 4.69) is 13.0 Å². The normalized spacial score (nSPS) is 10.4. The summed E-state index contributed by atoms with van der Waals surface area (Å²) in [7, 11) is 3.47. The van der Waals surface area contributed by atoms with E-state index in [-0.39, 0.29) is 5.91 Å². The molecule has 0 saturated heterocycles. The van der Waals surface area contributed by atoms with Crippen LogP contribution in [0.3, 0.4) is 0 Å². The molecule has 0 aliphatic rings. The van der Waals surface area contributed by atoms with Gasteiger partial charge in [0.1, 0.15) is 5.75 Å². The Bertz CT molecular complexity index is 692. The zero-order valence-corrected chi connectivity index (χ0v) is 13.9. The number of methoxy groups -OCH3 is 1. The smallest absolute Gasteiger partial charge is 0.254 e. The lowest BCUT2D eigenvalue weighted by Gasteiger charge is -2.20. The Morgan fingerprint density at radius 1 is 1.05 bits per heavy atom. The van der Waals surface area contributed by atoms with Gasteiger partial charge in [0, 0.05) is 24.7 Å². The number of hydrogen-bond donors (Lipinski definition) is 0. The SMILES string of the molecule is COc1ccccc1CN(C)C(=O)c1cc(C)c(C)cc1C. The number of carbonyl (C=O) groups is 1. The van der Waals surface area contributed by atoms with E-state index >= 15 is 0 Å². The lowest BCUT2D eigenvalue weighted by Crippen LogP contribution is -2.27. The van der Waals surface area contributed by atoms with Crippen LogP contribution in [0.5, 0.6) is 5.75 Å².